The summed E-state index contributed by atoms with van der Waals surface area (Å²) in [5.41, 5.74) is 0.317. The minimum Gasteiger partial charge on any atom is -0.478 e. The van der Waals surface area contributed by atoms with E-state index in [0.29, 0.717) is 5.69 Å². The van der Waals surface area contributed by atoms with Crippen molar-refractivity contribution in [1.82, 2.24) is 0 Å². The number of carbonyl (C=O) groups is 1. The lowest BCUT2D eigenvalue weighted by molar-refractivity contribution is 0.0696. The summed E-state index contributed by atoms with van der Waals surface area (Å²) in [6.07, 6.45) is 1.96. The van der Waals surface area contributed by atoms with E-state index in [4.69, 9.17) is 5.11 Å². The summed E-state index contributed by atoms with van der Waals surface area (Å²) in [5, 5.41) is 11.7. The van der Waals surface area contributed by atoms with E-state index in [9.17, 15) is 9.18 Å². The number of hydrogen-bond donors (Lipinski definition) is 2. The van der Waals surface area contributed by atoms with E-state index in [-0.39, 0.29) is 11.6 Å². The predicted molar refractivity (Wildman–Crippen MR) is 61.4 cm³/mol. The van der Waals surface area contributed by atoms with Crippen LogP contribution in [0.1, 0.15) is 37.0 Å². The van der Waals surface area contributed by atoms with Gasteiger partial charge in [0.15, 0.2) is 0 Å². The van der Waals surface area contributed by atoms with Crippen molar-refractivity contribution in [2.45, 2.75) is 32.7 Å². The molecule has 1 rings (SSSR count). The number of rotatable bonds is 5. The molecule has 3 nitrogen and oxygen atoms in total. The largest absolute Gasteiger partial charge is 0.478 e. The molecule has 1 aromatic rings. The first-order valence-corrected chi connectivity index (χ1v) is 5.34. The lowest BCUT2D eigenvalue weighted by atomic mass is 10.1. The van der Waals surface area contributed by atoms with E-state index in [1.165, 1.54) is 12.1 Å². The van der Waals surface area contributed by atoms with E-state index in [1.807, 2.05) is 6.92 Å². The van der Waals surface area contributed by atoms with Crippen molar-refractivity contribution in [1.29, 1.82) is 0 Å². The maximum atomic E-state index is 13.5. The van der Waals surface area contributed by atoms with Crippen molar-refractivity contribution < 1.29 is 14.3 Å². The van der Waals surface area contributed by atoms with Crippen molar-refractivity contribution in [2.24, 2.45) is 0 Å². The summed E-state index contributed by atoms with van der Waals surface area (Å²) in [5.74, 6) is -1.64. The Bertz CT molecular complexity index is 379. The second kappa shape index (κ2) is 5.49. The Morgan fingerprint density at radius 2 is 2.25 bits per heavy atom. The minimum atomic E-state index is -1.12. The zero-order chi connectivity index (χ0) is 12.1. The Morgan fingerprint density at radius 1 is 1.56 bits per heavy atom. The monoisotopic (exact) mass is 225 g/mol. The predicted octanol–water partition coefficient (Wildman–Crippen LogP) is 3.12. The molecule has 1 unspecified atom stereocenters. The van der Waals surface area contributed by atoms with Crippen LogP contribution in [0.2, 0.25) is 0 Å². The average molecular weight is 225 g/mol. The van der Waals surface area contributed by atoms with E-state index >= 15 is 0 Å². The summed E-state index contributed by atoms with van der Waals surface area (Å²) in [4.78, 5) is 10.6. The van der Waals surface area contributed by atoms with Gasteiger partial charge in [-0.05, 0) is 31.5 Å². The van der Waals surface area contributed by atoms with Gasteiger partial charge in [-0.3, -0.25) is 0 Å². The van der Waals surface area contributed by atoms with E-state index < -0.39 is 11.8 Å². The molecule has 0 aliphatic heterocycles. The third kappa shape index (κ3) is 3.22. The van der Waals surface area contributed by atoms with Crippen molar-refractivity contribution in [2.75, 3.05) is 5.32 Å². The fourth-order valence-corrected chi connectivity index (χ4v) is 1.54. The van der Waals surface area contributed by atoms with E-state index in [2.05, 4.69) is 12.2 Å². The van der Waals surface area contributed by atoms with Crippen LogP contribution >= 0.6 is 0 Å². The van der Waals surface area contributed by atoms with Gasteiger partial charge in [0.25, 0.3) is 0 Å². The maximum absolute atomic E-state index is 13.5. The number of carboxylic acids is 1. The Morgan fingerprint density at radius 3 is 2.75 bits per heavy atom. The molecule has 0 saturated carbocycles. The quantitative estimate of drug-likeness (QED) is 0.809. The molecule has 0 amide bonds. The summed E-state index contributed by atoms with van der Waals surface area (Å²) in [7, 11) is 0. The van der Waals surface area contributed by atoms with Crippen LogP contribution in [0.25, 0.3) is 0 Å². The van der Waals surface area contributed by atoms with Crippen LogP contribution in [0, 0.1) is 5.82 Å². The summed E-state index contributed by atoms with van der Waals surface area (Å²) < 4.78 is 13.5. The van der Waals surface area contributed by atoms with Gasteiger partial charge in [-0.25, -0.2) is 9.18 Å². The Kier molecular flexibility index (Phi) is 4.28. The normalized spacial score (nSPS) is 12.2. The van der Waals surface area contributed by atoms with Gasteiger partial charge in [0.05, 0.1) is 11.3 Å². The van der Waals surface area contributed by atoms with Gasteiger partial charge in [0.2, 0.25) is 0 Å². The number of anilines is 1. The highest BCUT2D eigenvalue weighted by atomic mass is 19.1. The summed E-state index contributed by atoms with van der Waals surface area (Å²) >= 11 is 0. The molecule has 16 heavy (non-hydrogen) atoms. The Balaban J connectivity index is 2.79. The van der Waals surface area contributed by atoms with E-state index in [0.717, 1.165) is 18.9 Å². The molecule has 1 atom stereocenters. The molecule has 1 aromatic carbocycles. The SMILES string of the molecule is CCCC(C)Nc1ccc(C(=O)O)cc1F. The van der Waals surface area contributed by atoms with Crippen molar-refractivity contribution in [3.63, 3.8) is 0 Å². The van der Waals surface area contributed by atoms with Crippen molar-refractivity contribution in [3.05, 3.63) is 29.6 Å². The highest BCUT2D eigenvalue weighted by Crippen LogP contribution is 2.17. The highest BCUT2D eigenvalue weighted by Gasteiger charge is 2.09. The fourth-order valence-electron chi connectivity index (χ4n) is 1.54. The van der Waals surface area contributed by atoms with Gasteiger partial charge in [-0.1, -0.05) is 13.3 Å². The lowest BCUT2D eigenvalue weighted by Gasteiger charge is -2.14. The number of halogens is 1. The maximum Gasteiger partial charge on any atom is 0.335 e. The van der Waals surface area contributed by atoms with Crippen LogP contribution in [0.15, 0.2) is 18.2 Å². The minimum absolute atomic E-state index is 0.0359. The molecule has 0 saturated heterocycles. The zero-order valence-electron chi connectivity index (χ0n) is 9.46. The first-order valence-electron chi connectivity index (χ1n) is 5.34. The molecule has 0 aliphatic carbocycles. The van der Waals surface area contributed by atoms with Crippen LogP contribution in [0.5, 0.6) is 0 Å². The van der Waals surface area contributed by atoms with Gasteiger partial charge < -0.3 is 10.4 Å². The van der Waals surface area contributed by atoms with Crippen LogP contribution in [-0.4, -0.2) is 17.1 Å². The third-order valence-electron chi connectivity index (χ3n) is 2.34. The molecule has 0 fully saturated rings. The fraction of sp³-hybridized carbons (Fsp3) is 0.417. The molecular weight excluding hydrogens is 209 g/mol. The average Bonchev–Trinajstić information content (AvgIpc) is 2.21. The number of nitrogens with one attached hydrogen (secondary N) is 1. The molecule has 0 aliphatic rings. The number of benzene rings is 1. The zero-order valence-corrected chi connectivity index (χ0v) is 9.46. The van der Waals surface area contributed by atoms with Crippen LogP contribution < -0.4 is 5.32 Å². The molecule has 0 heterocycles. The van der Waals surface area contributed by atoms with Crippen molar-refractivity contribution >= 4 is 11.7 Å². The smallest absolute Gasteiger partial charge is 0.335 e. The second-order valence-electron chi connectivity index (χ2n) is 3.83. The Labute approximate surface area is 94.3 Å². The summed E-state index contributed by atoms with van der Waals surface area (Å²) in [6.45, 7) is 4.02. The number of hydrogen-bond acceptors (Lipinski definition) is 2. The molecule has 2 N–H and O–H groups in total. The standard InChI is InChI=1S/C12H16FNO2/c1-3-4-8(2)14-11-6-5-9(12(15)16)7-10(11)13/h5-8,14H,3-4H2,1-2H3,(H,15,16). The van der Waals surface area contributed by atoms with Gasteiger partial charge in [-0.15, -0.1) is 0 Å². The molecule has 88 valence electrons. The molecule has 4 heteroatoms. The second-order valence-corrected chi connectivity index (χ2v) is 3.83. The van der Waals surface area contributed by atoms with Crippen LogP contribution in [0.3, 0.4) is 0 Å². The third-order valence-corrected chi connectivity index (χ3v) is 2.34. The number of aromatic carboxylic acids is 1. The molecule has 0 bridgehead atoms. The van der Waals surface area contributed by atoms with Crippen LogP contribution in [-0.2, 0) is 0 Å². The van der Waals surface area contributed by atoms with Gasteiger partial charge in [-0.2, -0.15) is 0 Å². The topological polar surface area (TPSA) is 49.3 Å². The Hall–Kier alpha value is -1.58. The van der Waals surface area contributed by atoms with E-state index in [1.54, 1.807) is 0 Å². The molecule has 0 aromatic heterocycles. The highest BCUT2D eigenvalue weighted by molar-refractivity contribution is 5.88. The van der Waals surface area contributed by atoms with Crippen LogP contribution in [0.4, 0.5) is 10.1 Å². The molecule has 0 spiro atoms. The van der Waals surface area contributed by atoms with Gasteiger partial charge in [0, 0.05) is 6.04 Å². The molecule has 0 radical (unpaired) electrons. The molecular formula is C12H16FNO2. The van der Waals surface area contributed by atoms with Gasteiger partial charge in [0.1, 0.15) is 5.82 Å². The lowest BCUT2D eigenvalue weighted by Crippen LogP contribution is -2.15. The first-order chi connectivity index (χ1) is 7.54. The van der Waals surface area contributed by atoms with Gasteiger partial charge >= 0.3 is 5.97 Å². The van der Waals surface area contributed by atoms with Crippen molar-refractivity contribution in [3.8, 4) is 0 Å². The first kappa shape index (κ1) is 12.5. The summed E-state index contributed by atoms with van der Waals surface area (Å²) in [6, 6.07) is 4.07. The number of carboxylic acid groups (broad SMARTS) is 1.